The molecule has 0 unspecified atom stereocenters. The fraction of sp³-hybridized carbons (Fsp3) is 0.500. The SMILES string of the molecule is Cc1cccc(N(CCCC(=O)N(Cc2ccccc2F)[C@@H](C)C(=O)NC2CCCC2)S(C)(=O)=O)c1C. The maximum atomic E-state index is 14.4. The quantitative estimate of drug-likeness (QED) is 0.464. The van der Waals surface area contributed by atoms with Gasteiger partial charge in [-0.05, 0) is 63.3 Å². The third kappa shape index (κ3) is 7.53. The van der Waals surface area contributed by atoms with Gasteiger partial charge in [0.15, 0.2) is 0 Å². The van der Waals surface area contributed by atoms with Gasteiger partial charge in [0.2, 0.25) is 21.8 Å². The van der Waals surface area contributed by atoms with E-state index < -0.39 is 21.9 Å². The average molecular weight is 532 g/mol. The van der Waals surface area contributed by atoms with Crippen LogP contribution in [0.15, 0.2) is 42.5 Å². The Hall–Kier alpha value is -2.94. The van der Waals surface area contributed by atoms with Gasteiger partial charge in [-0.1, -0.05) is 43.2 Å². The molecule has 2 aromatic rings. The summed E-state index contributed by atoms with van der Waals surface area (Å²) >= 11 is 0. The average Bonchev–Trinajstić information content (AvgIpc) is 3.35. The molecule has 1 aliphatic carbocycles. The second kappa shape index (κ2) is 12.5. The van der Waals surface area contributed by atoms with Gasteiger partial charge in [0.1, 0.15) is 11.9 Å². The molecule has 2 aromatic carbocycles. The number of carbonyl (C=O) groups excluding carboxylic acids is 2. The Morgan fingerprint density at radius 2 is 1.76 bits per heavy atom. The standard InChI is InChI=1S/C28H38FN3O4S/c1-20-11-9-16-26(21(20)2)32(37(4,35)36)18-10-17-27(33)31(19-23-12-5-8-15-25(23)29)22(3)28(34)30-24-13-6-7-14-24/h5,8-9,11-12,15-16,22,24H,6-7,10,13-14,17-19H2,1-4H3,(H,30,34)/t22-/m0/s1. The number of amides is 2. The van der Waals surface area contributed by atoms with E-state index in [1.165, 1.54) is 15.3 Å². The third-order valence-corrected chi connectivity index (χ3v) is 8.34. The molecule has 1 saturated carbocycles. The van der Waals surface area contributed by atoms with Crippen molar-refractivity contribution in [3.8, 4) is 0 Å². The van der Waals surface area contributed by atoms with Gasteiger partial charge in [-0.15, -0.1) is 0 Å². The number of hydrogen-bond acceptors (Lipinski definition) is 4. The van der Waals surface area contributed by atoms with E-state index in [-0.39, 0.29) is 43.8 Å². The van der Waals surface area contributed by atoms with Crippen molar-refractivity contribution < 1.29 is 22.4 Å². The van der Waals surface area contributed by atoms with Gasteiger partial charge < -0.3 is 10.2 Å². The summed E-state index contributed by atoms with van der Waals surface area (Å²) in [7, 11) is -3.58. The number of nitrogens with one attached hydrogen (secondary N) is 1. The van der Waals surface area contributed by atoms with Crippen molar-refractivity contribution in [2.45, 2.75) is 77.9 Å². The zero-order chi connectivity index (χ0) is 27.2. The molecule has 0 radical (unpaired) electrons. The number of carbonyl (C=O) groups is 2. The van der Waals surface area contributed by atoms with Crippen LogP contribution in [0.4, 0.5) is 10.1 Å². The molecular weight excluding hydrogens is 493 g/mol. The van der Waals surface area contributed by atoms with Crippen LogP contribution in [0.1, 0.15) is 62.1 Å². The molecule has 1 N–H and O–H groups in total. The molecule has 2 amide bonds. The molecule has 1 fully saturated rings. The topological polar surface area (TPSA) is 86.8 Å². The van der Waals surface area contributed by atoms with Crippen LogP contribution in [0.5, 0.6) is 0 Å². The summed E-state index contributed by atoms with van der Waals surface area (Å²) in [6, 6.07) is 11.0. The van der Waals surface area contributed by atoms with Crippen LogP contribution in [0, 0.1) is 19.7 Å². The molecule has 37 heavy (non-hydrogen) atoms. The maximum absolute atomic E-state index is 14.4. The van der Waals surface area contributed by atoms with Crippen LogP contribution < -0.4 is 9.62 Å². The zero-order valence-electron chi connectivity index (χ0n) is 22.2. The molecule has 0 spiro atoms. The fourth-order valence-corrected chi connectivity index (χ4v) is 5.79. The molecule has 202 valence electrons. The molecule has 0 heterocycles. The molecule has 0 aromatic heterocycles. The van der Waals surface area contributed by atoms with Gasteiger partial charge in [-0.3, -0.25) is 13.9 Å². The first-order chi connectivity index (χ1) is 17.5. The zero-order valence-corrected chi connectivity index (χ0v) is 23.0. The summed E-state index contributed by atoms with van der Waals surface area (Å²) in [6.45, 7) is 5.51. The largest absolute Gasteiger partial charge is 0.352 e. The van der Waals surface area contributed by atoms with Gasteiger partial charge in [0, 0.05) is 31.1 Å². The van der Waals surface area contributed by atoms with E-state index in [2.05, 4.69) is 5.32 Å². The summed E-state index contributed by atoms with van der Waals surface area (Å²) < 4.78 is 40.9. The number of nitrogens with zero attached hydrogens (tertiary/aromatic N) is 2. The normalized spacial score (nSPS) is 14.8. The van der Waals surface area contributed by atoms with E-state index in [0.717, 1.165) is 43.1 Å². The molecular formula is C28H38FN3O4S. The lowest BCUT2D eigenvalue weighted by Crippen LogP contribution is -2.49. The van der Waals surface area contributed by atoms with Crippen molar-refractivity contribution in [3.63, 3.8) is 0 Å². The predicted molar refractivity (Wildman–Crippen MR) is 144 cm³/mol. The van der Waals surface area contributed by atoms with Gasteiger partial charge in [-0.2, -0.15) is 0 Å². The first-order valence-electron chi connectivity index (χ1n) is 12.9. The minimum atomic E-state index is -3.58. The van der Waals surface area contributed by atoms with Crippen LogP contribution >= 0.6 is 0 Å². The molecule has 0 bridgehead atoms. The van der Waals surface area contributed by atoms with Gasteiger partial charge in [-0.25, -0.2) is 12.8 Å². The van der Waals surface area contributed by atoms with Crippen molar-refractivity contribution in [3.05, 3.63) is 65.0 Å². The van der Waals surface area contributed by atoms with Gasteiger partial charge in [0.25, 0.3) is 0 Å². The van der Waals surface area contributed by atoms with Crippen LogP contribution in [0.2, 0.25) is 0 Å². The monoisotopic (exact) mass is 531 g/mol. The Balaban J connectivity index is 1.75. The van der Waals surface area contributed by atoms with E-state index in [4.69, 9.17) is 0 Å². The molecule has 9 heteroatoms. The fourth-order valence-electron chi connectivity index (χ4n) is 4.77. The van der Waals surface area contributed by atoms with Crippen molar-refractivity contribution >= 4 is 27.5 Å². The Labute approximate surface area is 220 Å². The lowest BCUT2D eigenvalue weighted by atomic mass is 10.1. The van der Waals surface area contributed by atoms with Crippen LogP contribution in [-0.2, 0) is 26.2 Å². The smallest absolute Gasteiger partial charge is 0.242 e. The molecule has 0 saturated heterocycles. The van der Waals surface area contributed by atoms with Crippen molar-refractivity contribution in [2.24, 2.45) is 0 Å². The predicted octanol–water partition coefficient (Wildman–Crippen LogP) is 4.46. The lowest BCUT2D eigenvalue weighted by molar-refractivity contribution is -0.141. The van der Waals surface area contributed by atoms with E-state index in [0.29, 0.717) is 11.3 Å². The number of rotatable bonds is 11. The molecule has 3 rings (SSSR count). The number of benzene rings is 2. The highest BCUT2D eigenvalue weighted by molar-refractivity contribution is 7.92. The summed E-state index contributed by atoms with van der Waals surface area (Å²) in [4.78, 5) is 27.8. The molecule has 0 aliphatic heterocycles. The summed E-state index contributed by atoms with van der Waals surface area (Å²) in [6.07, 6.45) is 5.38. The molecule has 7 nitrogen and oxygen atoms in total. The minimum Gasteiger partial charge on any atom is -0.352 e. The minimum absolute atomic E-state index is 0.0202. The first kappa shape index (κ1) is 28.6. The van der Waals surface area contributed by atoms with E-state index in [1.54, 1.807) is 31.2 Å². The van der Waals surface area contributed by atoms with Crippen LogP contribution in [0.25, 0.3) is 0 Å². The van der Waals surface area contributed by atoms with Gasteiger partial charge in [0.05, 0.1) is 11.9 Å². The number of halogens is 1. The second-order valence-corrected chi connectivity index (χ2v) is 11.8. The summed E-state index contributed by atoms with van der Waals surface area (Å²) in [5.41, 5.74) is 2.74. The van der Waals surface area contributed by atoms with E-state index in [9.17, 15) is 22.4 Å². The Morgan fingerprint density at radius 1 is 1.08 bits per heavy atom. The Kier molecular flexibility index (Phi) is 9.70. The highest BCUT2D eigenvalue weighted by atomic mass is 32.2. The van der Waals surface area contributed by atoms with E-state index in [1.807, 2.05) is 26.0 Å². The summed E-state index contributed by atoms with van der Waals surface area (Å²) in [5.74, 6) is -1.03. The number of hydrogen-bond donors (Lipinski definition) is 1. The van der Waals surface area contributed by atoms with Crippen LogP contribution in [-0.4, -0.2) is 50.0 Å². The Morgan fingerprint density at radius 3 is 2.41 bits per heavy atom. The maximum Gasteiger partial charge on any atom is 0.242 e. The van der Waals surface area contributed by atoms with Gasteiger partial charge >= 0.3 is 0 Å². The van der Waals surface area contributed by atoms with Crippen molar-refractivity contribution in [1.82, 2.24) is 10.2 Å². The molecule has 1 atom stereocenters. The summed E-state index contributed by atoms with van der Waals surface area (Å²) in [5, 5.41) is 3.03. The number of anilines is 1. The van der Waals surface area contributed by atoms with E-state index >= 15 is 0 Å². The van der Waals surface area contributed by atoms with Crippen molar-refractivity contribution in [1.29, 1.82) is 0 Å². The first-order valence-corrected chi connectivity index (χ1v) is 14.7. The lowest BCUT2D eigenvalue weighted by Gasteiger charge is -2.30. The molecule has 1 aliphatic rings. The Bertz CT molecular complexity index is 1210. The van der Waals surface area contributed by atoms with Crippen LogP contribution in [0.3, 0.4) is 0 Å². The highest BCUT2D eigenvalue weighted by Gasteiger charge is 2.29. The number of sulfonamides is 1. The number of aryl methyl sites for hydroxylation is 1. The third-order valence-electron chi connectivity index (χ3n) is 7.16. The second-order valence-electron chi connectivity index (χ2n) is 9.94. The van der Waals surface area contributed by atoms with Crippen molar-refractivity contribution in [2.75, 3.05) is 17.1 Å². The highest BCUT2D eigenvalue weighted by Crippen LogP contribution is 2.26.